The molecule has 0 N–H and O–H groups in total. The third-order valence-electron chi connectivity index (χ3n) is 3.59. The molecule has 100 valence electrons. The van der Waals surface area contributed by atoms with Gasteiger partial charge in [-0.25, -0.2) is 0 Å². The first-order valence-electron chi connectivity index (χ1n) is 6.32. The normalized spacial score (nSPS) is 22.9. The molecular formula is C14H17N3O2. The van der Waals surface area contributed by atoms with Crippen molar-refractivity contribution in [1.82, 2.24) is 9.47 Å². The molecule has 1 aliphatic rings. The van der Waals surface area contributed by atoms with E-state index in [-0.39, 0.29) is 11.5 Å². The van der Waals surface area contributed by atoms with E-state index in [1.165, 1.54) is 10.6 Å². The molecule has 5 nitrogen and oxygen atoms in total. The monoisotopic (exact) mass is 259 g/mol. The van der Waals surface area contributed by atoms with Crippen LogP contribution in [0, 0.1) is 16.7 Å². The number of nitriles is 1. The minimum atomic E-state index is -0.464. The van der Waals surface area contributed by atoms with Gasteiger partial charge in [-0.1, -0.05) is 0 Å². The first-order valence-corrected chi connectivity index (χ1v) is 6.32. The van der Waals surface area contributed by atoms with Gasteiger partial charge in [-0.3, -0.25) is 9.59 Å². The van der Waals surface area contributed by atoms with E-state index < -0.39 is 5.41 Å². The number of hydrogen-bond donors (Lipinski definition) is 0. The molecule has 5 heteroatoms. The standard InChI is InChI=1S/C14H17N3O2/c1-14(9-15)6-3-7-17(10-14)13(19)11-4-5-12(18)16(2)8-11/h4-5,8H,3,6-7,10H2,1-2H3. The lowest BCUT2D eigenvalue weighted by molar-refractivity contribution is 0.0629. The number of carbonyl (C=O) groups excluding carboxylic acids is 1. The summed E-state index contributed by atoms with van der Waals surface area (Å²) in [5.41, 5.74) is -0.115. The Kier molecular flexibility index (Phi) is 3.43. The molecule has 0 spiro atoms. The Morgan fingerprint density at radius 2 is 2.21 bits per heavy atom. The quantitative estimate of drug-likeness (QED) is 0.760. The SMILES string of the molecule is Cn1cc(C(=O)N2CCCC(C)(C#N)C2)ccc1=O. The van der Waals surface area contributed by atoms with Gasteiger partial charge in [0.15, 0.2) is 0 Å². The lowest BCUT2D eigenvalue weighted by Crippen LogP contribution is -2.44. The van der Waals surface area contributed by atoms with Gasteiger partial charge in [-0.15, -0.1) is 0 Å². The second-order valence-corrected chi connectivity index (χ2v) is 5.37. The summed E-state index contributed by atoms with van der Waals surface area (Å²) in [5, 5.41) is 9.17. The Hall–Kier alpha value is -2.09. The predicted molar refractivity (Wildman–Crippen MR) is 70.5 cm³/mol. The first kappa shape index (κ1) is 13.3. The molecule has 19 heavy (non-hydrogen) atoms. The van der Waals surface area contributed by atoms with E-state index in [9.17, 15) is 9.59 Å². The highest BCUT2D eigenvalue weighted by molar-refractivity contribution is 5.94. The fourth-order valence-corrected chi connectivity index (χ4v) is 2.41. The molecule has 0 bridgehead atoms. The smallest absolute Gasteiger partial charge is 0.255 e. The molecule has 0 aromatic carbocycles. The molecule has 2 heterocycles. The summed E-state index contributed by atoms with van der Waals surface area (Å²) >= 11 is 0. The van der Waals surface area contributed by atoms with Crippen molar-refractivity contribution in [1.29, 1.82) is 5.26 Å². The van der Waals surface area contributed by atoms with Crippen LogP contribution >= 0.6 is 0 Å². The van der Waals surface area contributed by atoms with E-state index in [0.29, 0.717) is 18.7 Å². The van der Waals surface area contributed by atoms with Crippen molar-refractivity contribution in [2.75, 3.05) is 13.1 Å². The van der Waals surface area contributed by atoms with Gasteiger partial charge >= 0.3 is 0 Å². The van der Waals surface area contributed by atoms with Crippen LogP contribution in [-0.2, 0) is 7.05 Å². The van der Waals surface area contributed by atoms with Crippen LogP contribution in [-0.4, -0.2) is 28.5 Å². The zero-order valence-corrected chi connectivity index (χ0v) is 11.2. The maximum absolute atomic E-state index is 12.4. The van der Waals surface area contributed by atoms with E-state index >= 15 is 0 Å². The van der Waals surface area contributed by atoms with Gasteiger partial charge in [0.05, 0.1) is 17.0 Å². The van der Waals surface area contributed by atoms with E-state index in [1.807, 2.05) is 6.92 Å². The highest BCUT2D eigenvalue weighted by Crippen LogP contribution is 2.29. The van der Waals surface area contributed by atoms with Crippen molar-refractivity contribution in [2.45, 2.75) is 19.8 Å². The van der Waals surface area contributed by atoms with E-state index in [2.05, 4.69) is 6.07 Å². The molecule has 1 fully saturated rings. The van der Waals surface area contributed by atoms with Crippen LogP contribution in [0.2, 0.25) is 0 Å². The molecular weight excluding hydrogens is 242 g/mol. The third-order valence-corrected chi connectivity index (χ3v) is 3.59. The van der Waals surface area contributed by atoms with Gasteiger partial charge in [0, 0.05) is 32.4 Å². The minimum absolute atomic E-state index is 0.114. The fraction of sp³-hybridized carbons (Fsp3) is 0.500. The van der Waals surface area contributed by atoms with Crippen molar-refractivity contribution in [3.05, 3.63) is 34.2 Å². The second kappa shape index (κ2) is 4.88. The molecule has 1 aliphatic heterocycles. The number of aromatic nitrogens is 1. The van der Waals surface area contributed by atoms with Crippen LogP contribution in [0.25, 0.3) is 0 Å². The average Bonchev–Trinajstić information content (AvgIpc) is 2.41. The Bertz CT molecular complexity index is 599. The molecule has 1 atom stereocenters. The van der Waals surface area contributed by atoms with Crippen LogP contribution < -0.4 is 5.56 Å². The van der Waals surface area contributed by atoms with Gasteiger partial charge in [0.1, 0.15) is 0 Å². The zero-order valence-electron chi connectivity index (χ0n) is 11.2. The molecule has 0 radical (unpaired) electrons. The van der Waals surface area contributed by atoms with E-state index in [0.717, 1.165) is 12.8 Å². The van der Waals surface area contributed by atoms with Crippen molar-refractivity contribution >= 4 is 5.91 Å². The molecule has 1 aromatic rings. The van der Waals surface area contributed by atoms with Crippen molar-refractivity contribution in [3.8, 4) is 6.07 Å². The number of pyridine rings is 1. The molecule has 2 rings (SSSR count). The average molecular weight is 259 g/mol. The zero-order chi connectivity index (χ0) is 14.0. The van der Waals surface area contributed by atoms with Crippen LogP contribution in [0.15, 0.2) is 23.1 Å². The van der Waals surface area contributed by atoms with Crippen LogP contribution in [0.4, 0.5) is 0 Å². The maximum atomic E-state index is 12.4. The first-order chi connectivity index (χ1) is 8.95. The summed E-state index contributed by atoms with van der Waals surface area (Å²) in [6.07, 6.45) is 3.20. The van der Waals surface area contributed by atoms with Crippen LogP contribution in [0.1, 0.15) is 30.1 Å². The maximum Gasteiger partial charge on any atom is 0.255 e. The number of aryl methyl sites for hydroxylation is 1. The lowest BCUT2D eigenvalue weighted by atomic mass is 9.83. The molecule has 1 aromatic heterocycles. The molecule has 1 unspecified atom stereocenters. The van der Waals surface area contributed by atoms with Crippen LogP contribution in [0.5, 0.6) is 0 Å². The van der Waals surface area contributed by atoms with Gasteiger partial charge in [0.25, 0.3) is 5.91 Å². The van der Waals surface area contributed by atoms with Crippen molar-refractivity contribution in [3.63, 3.8) is 0 Å². The van der Waals surface area contributed by atoms with Gasteiger partial charge < -0.3 is 9.47 Å². The largest absolute Gasteiger partial charge is 0.337 e. The highest BCUT2D eigenvalue weighted by atomic mass is 16.2. The fourth-order valence-electron chi connectivity index (χ4n) is 2.41. The summed E-state index contributed by atoms with van der Waals surface area (Å²) in [5.74, 6) is -0.114. The molecule has 0 saturated carbocycles. The molecule has 0 aliphatic carbocycles. The summed E-state index contributed by atoms with van der Waals surface area (Å²) in [6.45, 7) is 3.00. The summed E-state index contributed by atoms with van der Waals surface area (Å²) < 4.78 is 1.39. The van der Waals surface area contributed by atoms with Gasteiger partial charge in [-0.2, -0.15) is 5.26 Å². The summed E-state index contributed by atoms with van der Waals surface area (Å²) in [7, 11) is 1.62. The number of piperidine rings is 1. The number of hydrogen-bond acceptors (Lipinski definition) is 3. The Balaban J connectivity index is 2.22. The number of carbonyl (C=O) groups is 1. The van der Waals surface area contributed by atoms with Crippen molar-refractivity contribution < 1.29 is 4.79 Å². The van der Waals surface area contributed by atoms with Gasteiger partial charge in [0.2, 0.25) is 5.56 Å². The van der Waals surface area contributed by atoms with E-state index in [1.54, 1.807) is 24.2 Å². The third kappa shape index (κ3) is 2.68. The number of likely N-dealkylation sites (tertiary alicyclic amines) is 1. The number of nitrogens with zero attached hydrogens (tertiary/aromatic N) is 3. The summed E-state index contributed by atoms with van der Waals surface area (Å²) in [4.78, 5) is 25.4. The lowest BCUT2D eigenvalue weighted by Gasteiger charge is -2.36. The Morgan fingerprint density at radius 1 is 1.47 bits per heavy atom. The van der Waals surface area contributed by atoms with Gasteiger partial charge in [-0.05, 0) is 25.8 Å². The topological polar surface area (TPSA) is 66.1 Å². The Labute approximate surface area is 112 Å². The number of amides is 1. The van der Waals surface area contributed by atoms with E-state index in [4.69, 9.17) is 5.26 Å². The van der Waals surface area contributed by atoms with Crippen molar-refractivity contribution in [2.24, 2.45) is 12.5 Å². The summed E-state index contributed by atoms with van der Waals surface area (Å²) in [6, 6.07) is 5.22. The highest BCUT2D eigenvalue weighted by Gasteiger charge is 2.33. The second-order valence-electron chi connectivity index (χ2n) is 5.37. The number of rotatable bonds is 1. The minimum Gasteiger partial charge on any atom is -0.337 e. The van der Waals surface area contributed by atoms with Crippen LogP contribution in [0.3, 0.4) is 0 Å². The molecule has 1 saturated heterocycles. The Morgan fingerprint density at radius 3 is 2.84 bits per heavy atom. The molecule has 1 amide bonds. The predicted octanol–water partition coefficient (Wildman–Crippen LogP) is 1.15.